The van der Waals surface area contributed by atoms with E-state index in [1.165, 1.54) is 10.9 Å². The van der Waals surface area contributed by atoms with E-state index >= 15 is 0 Å². The Balaban J connectivity index is 1.56. The Hall–Kier alpha value is -3.19. The predicted molar refractivity (Wildman–Crippen MR) is 97.7 cm³/mol. The zero-order valence-electron chi connectivity index (χ0n) is 13.6. The average Bonchev–Trinajstić information content (AvgIpc) is 2.66. The number of nitrogens with one attached hydrogen (secondary N) is 2. The Morgan fingerprint density at radius 1 is 1.04 bits per heavy atom. The Bertz CT molecular complexity index is 1010. The molecule has 0 unspecified atom stereocenters. The van der Waals surface area contributed by atoms with Gasteiger partial charge in [-0.1, -0.05) is 23.7 Å². The fourth-order valence-corrected chi connectivity index (χ4v) is 2.48. The third-order valence-corrected chi connectivity index (χ3v) is 3.99. The highest BCUT2D eigenvalue weighted by Gasteiger charge is 2.09. The quantitative estimate of drug-likeness (QED) is 0.686. The minimum absolute atomic E-state index is 0.0147. The van der Waals surface area contributed by atoms with Crippen molar-refractivity contribution in [3.8, 4) is 0 Å². The molecule has 0 aliphatic rings. The van der Waals surface area contributed by atoms with Crippen molar-refractivity contribution in [1.29, 1.82) is 0 Å². The summed E-state index contributed by atoms with van der Waals surface area (Å²) in [6.45, 7) is 0.152. The maximum absolute atomic E-state index is 12.3. The van der Waals surface area contributed by atoms with Crippen LogP contribution in [0.5, 0.6) is 0 Å². The van der Waals surface area contributed by atoms with Crippen LogP contribution in [0, 0.1) is 0 Å². The summed E-state index contributed by atoms with van der Waals surface area (Å²) in [5, 5.41) is 1.01. The van der Waals surface area contributed by atoms with Crippen molar-refractivity contribution >= 4 is 34.3 Å². The standard InChI is InChI=1S/C18H15ClN4O3/c19-13-7-5-12(6-8-13)17(25)22-21-16(24)9-10-23-11-20-15-4-2-1-3-14(15)18(23)26/h1-8,11H,9-10H2,(H,21,24)(H,22,25). The minimum Gasteiger partial charge on any atom is -0.298 e. The molecular weight excluding hydrogens is 356 g/mol. The van der Waals surface area contributed by atoms with Gasteiger partial charge in [-0.2, -0.15) is 0 Å². The molecule has 2 amide bonds. The van der Waals surface area contributed by atoms with Gasteiger partial charge in [0.25, 0.3) is 11.5 Å². The highest BCUT2D eigenvalue weighted by atomic mass is 35.5. The Kier molecular flexibility index (Phi) is 5.28. The maximum atomic E-state index is 12.3. The molecule has 0 aliphatic heterocycles. The molecular formula is C18H15ClN4O3. The Morgan fingerprint density at radius 2 is 1.77 bits per heavy atom. The van der Waals surface area contributed by atoms with Crippen molar-refractivity contribution in [1.82, 2.24) is 20.4 Å². The van der Waals surface area contributed by atoms with Crippen LogP contribution in [0.15, 0.2) is 59.7 Å². The number of nitrogens with zero attached hydrogens (tertiary/aromatic N) is 2. The van der Waals surface area contributed by atoms with E-state index in [2.05, 4.69) is 15.8 Å². The lowest BCUT2D eigenvalue weighted by Crippen LogP contribution is -2.42. The van der Waals surface area contributed by atoms with Crippen molar-refractivity contribution in [2.45, 2.75) is 13.0 Å². The normalized spacial score (nSPS) is 10.5. The zero-order valence-corrected chi connectivity index (χ0v) is 14.4. The molecule has 2 aromatic carbocycles. The molecule has 8 heteroatoms. The monoisotopic (exact) mass is 370 g/mol. The second-order valence-electron chi connectivity index (χ2n) is 5.52. The van der Waals surface area contributed by atoms with Crippen LogP contribution in [0.25, 0.3) is 10.9 Å². The number of hydrazine groups is 1. The largest absolute Gasteiger partial charge is 0.298 e. The number of carbonyl (C=O) groups excluding carboxylic acids is 2. The van der Waals surface area contributed by atoms with Crippen LogP contribution >= 0.6 is 11.6 Å². The highest BCUT2D eigenvalue weighted by molar-refractivity contribution is 6.30. The van der Waals surface area contributed by atoms with Crippen LogP contribution < -0.4 is 16.4 Å². The molecule has 0 saturated carbocycles. The van der Waals surface area contributed by atoms with Crippen LogP contribution in [0.1, 0.15) is 16.8 Å². The number of aromatic nitrogens is 2. The smallest absolute Gasteiger partial charge is 0.269 e. The molecule has 0 atom stereocenters. The van der Waals surface area contributed by atoms with Gasteiger partial charge in [-0.15, -0.1) is 0 Å². The molecule has 0 fully saturated rings. The first kappa shape index (κ1) is 17.6. The van der Waals surface area contributed by atoms with Gasteiger partial charge in [0.1, 0.15) is 0 Å². The van der Waals surface area contributed by atoms with Crippen molar-refractivity contribution < 1.29 is 9.59 Å². The second-order valence-corrected chi connectivity index (χ2v) is 5.96. The first-order valence-electron chi connectivity index (χ1n) is 7.83. The summed E-state index contributed by atoms with van der Waals surface area (Å²) in [6.07, 6.45) is 1.42. The van der Waals surface area contributed by atoms with Crippen LogP contribution in [-0.2, 0) is 11.3 Å². The summed E-state index contributed by atoms with van der Waals surface area (Å²) in [5.74, 6) is -0.882. The van der Waals surface area contributed by atoms with Crippen LogP contribution in [0.3, 0.4) is 0 Å². The van der Waals surface area contributed by atoms with E-state index in [1.54, 1.807) is 48.5 Å². The number of para-hydroxylation sites is 1. The van der Waals surface area contributed by atoms with Crippen molar-refractivity contribution in [2.24, 2.45) is 0 Å². The molecule has 3 aromatic rings. The zero-order chi connectivity index (χ0) is 18.5. The van der Waals surface area contributed by atoms with E-state index in [0.29, 0.717) is 21.5 Å². The molecule has 3 rings (SSSR count). The number of aryl methyl sites for hydroxylation is 1. The van der Waals surface area contributed by atoms with Crippen LogP contribution in [0.4, 0.5) is 0 Å². The van der Waals surface area contributed by atoms with Gasteiger partial charge in [0, 0.05) is 23.6 Å². The van der Waals surface area contributed by atoms with E-state index < -0.39 is 11.8 Å². The van der Waals surface area contributed by atoms with E-state index in [4.69, 9.17) is 11.6 Å². The van der Waals surface area contributed by atoms with E-state index in [1.807, 2.05) is 0 Å². The number of benzene rings is 2. The van der Waals surface area contributed by atoms with E-state index in [9.17, 15) is 14.4 Å². The van der Waals surface area contributed by atoms with Gasteiger partial charge < -0.3 is 0 Å². The fourth-order valence-electron chi connectivity index (χ4n) is 2.35. The van der Waals surface area contributed by atoms with Gasteiger partial charge in [-0.25, -0.2) is 4.98 Å². The summed E-state index contributed by atoms with van der Waals surface area (Å²) in [7, 11) is 0. The van der Waals surface area contributed by atoms with Crippen LogP contribution in [0.2, 0.25) is 5.02 Å². The number of hydrogen-bond acceptors (Lipinski definition) is 4. The lowest BCUT2D eigenvalue weighted by Gasteiger charge is -2.09. The molecule has 0 radical (unpaired) electrons. The van der Waals surface area contributed by atoms with E-state index in [0.717, 1.165) is 0 Å². The molecule has 2 N–H and O–H groups in total. The highest BCUT2D eigenvalue weighted by Crippen LogP contribution is 2.09. The number of hydrogen-bond donors (Lipinski definition) is 2. The summed E-state index contributed by atoms with van der Waals surface area (Å²) >= 11 is 5.76. The summed E-state index contributed by atoms with van der Waals surface area (Å²) in [6, 6.07) is 13.3. The molecule has 1 heterocycles. The predicted octanol–water partition coefficient (Wildman–Crippen LogP) is 1.90. The first-order chi connectivity index (χ1) is 12.5. The Morgan fingerprint density at radius 3 is 2.54 bits per heavy atom. The van der Waals surface area contributed by atoms with Gasteiger partial charge in [0.15, 0.2) is 0 Å². The van der Waals surface area contributed by atoms with Crippen molar-refractivity contribution in [2.75, 3.05) is 0 Å². The van der Waals surface area contributed by atoms with Gasteiger partial charge in [-0.05, 0) is 36.4 Å². The molecule has 0 saturated heterocycles. The topological polar surface area (TPSA) is 93.1 Å². The van der Waals surface area contributed by atoms with Gasteiger partial charge >= 0.3 is 0 Å². The number of rotatable bonds is 4. The van der Waals surface area contributed by atoms with Crippen molar-refractivity contribution in [3.05, 3.63) is 75.8 Å². The number of fused-ring (bicyclic) bond motifs is 1. The minimum atomic E-state index is -0.459. The third kappa shape index (κ3) is 4.07. The molecule has 0 bridgehead atoms. The van der Waals surface area contributed by atoms with Crippen LogP contribution in [-0.4, -0.2) is 21.4 Å². The van der Waals surface area contributed by atoms with Gasteiger partial charge in [-0.3, -0.25) is 29.8 Å². The molecule has 1 aromatic heterocycles. The summed E-state index contributed by atoms with van der Waals surface area (Å²) < 4.78 is 1.36. The first-order valence-corrected chi connectivity index (χ1v) is 8.21. The van der Waals surface area contributed by atoms with E-state index in [-0.39, 0.29) is 18.5 Å². The number of carbonyl (C=O) groups is 2. The summed E-state index contributed by atoms with van der Waals surface area (Å²) in [5.41, 5.74) is 5.39. The van der Waals surface area contributed by atoms with Gasteiger partial charge in [0.2, 0.25) is 5.91 Å². The lowest BCUT2D eigenvalue weighted by molar-refractivity contribution is -0.122. The lowest BCUT2D eigenvalue weighted by atomic mass is 10.2. The Labute approximate surface area is 153 Å². The van der Waals surface area contributed by atoms with Crippen molar-refractivity contribution in [3.63, 3.8) is 0 Å². The molecule has 0 aliphatic carbocycles. The fraction of sp³-hybridized carbons (Fsp3) is 0.111. The molecule has 132 valence electrons. The SMILES string of the molecule is O=C(CCn1cnc2ccccc2c1=O)NNC(=O)c1ccc(Cl)cc1. The molecule has 0 spiro atoms. The van der Waals surface area contributed by atoms with Gasteiger partial charge in [0.05, 0.1) is 17.2 Å². The maximum Gasteiger partial charge on any atom is 0.269 e. The molecule has 26 heavy (non-hydrogen) atoms. The molecule has 7 nitrogen and oxygen atoms in total. The number of halogens is 1. The summed E-state index contributed by atoms with van der Waals surface area (Å²) in [4.78, 5) is 40.3. The average molecular weight is 371 g/mol. The third-order valence-electron chi connectivity index (χ3n) is 3.73. The second kappa shape index (κ2) is 7.79. The number of amides is 2.